The van der Waals surface area contributed by atoms with Crippen LogP contribution in [0, 0.1) is 11.2 Å². The number of hydrogen-bond acceptors (Lipinski definition) is 3. The van der Waals surface area contributed by atoms with Crippen LogP contribution in [0.1, 0.15) is 36.0 Å². The lowest BCUT2D eigenvalue weighted by atomic mass is 9.38. The summed E-state index contributed by atoms with van der Waals surface area (Å²) in [6.45, 7) is -0.0977. The molecule has 3 aliphatic rings. The number of amides is 1. The topological polar surface area (TPSA) is 59.8 Å². The summed E-state index contributed by atoms with van der Waals surface area (Å²) in [4.78, 5) is 24.9. The van der Waals surface area contributed by atoms with E-state index in [1.807, 2.05) is 41.1 Å². The summed E-state index contributed by atoms with van der Waals surface area (Å²) in [5.74, 6) is -0.392. The van der Waals surface area contributed by atoms with E-state index in [-0.39, 0.29) is 40.0 Å². The number of nitrogens with one attached hydrogen (secondary N) is 1. The third kappa shape index (κ3) is 3.35. The number of Topliss-reactive ketones (excluding diaryl/α,β-unsaturated/α-hetero) is 1. The van der Waals surface area contributed by atoms with Gasteiger partial charge in [0.15, 0.2) is 5.78 Å². The highest BCUT2D eigenvalue weighted by molar-refractivity contribution is 6.30. The fraction of sp³-hybridized carbons (Fsp3) is 0.304. The number of ether oxygens (including phenoxy) is 1. The van der Waals surface area contributed by atoms with Crippen LogP contribution in [0.3, 0.4) is 0 Å². The van der Waals surface area contributed by atoms with Crippen LogP contribution in [0.25, 0.3) is 5.52 Å². The van der Waals surface area contributed by atoms with Crippen LogP contribution < -0.4 is 10.1 Å². The maximum atomic E-state index is 13.4. The summed E-state index contributed by atoms with van der Waals surface area (Å²) in [6, 6.07) is 11.8. The van der Waals surface area contributed by atoms with Crippen molar-refractivity contribution in [2.24, 2.45) is 5.41 Å². The quantitative estimate of drug-likeness (QED) is 0.608. The molecule has 0 aliphatic heterocycles. The minimum absolute atomic E-state index is 0.0170. The molecule has 3 aliphatic carbocycles. The van der Waals surface area contributed by atoms with Gasteiger partial charge >= 0.3 is 0 Å². The molecular formula is C23H20ClFN2O3. The summed E-state index contributed by atoms with van der Waals surface area (Å²) in [5, 5.41) is 3.17. The Morgan fingerprint density at radius 1 is 1.17 bits per heavy atom. The largest absolute Gasteiger partial charge is 0.486 e. The summed E-state index contributed by atoms with van der Waals surface area (Å²) in [5.41, 5.74) is 1.39. The number of ketones is 1. The normalized spacial score (nSPS) is 24.1. The summed E-state index contributed by atoms with van der Waals surface area (Å²) >= 11 is 5.64. The van der Waals surface area contributed by atoms with E-state index in [0.29, 0.717) is 12.0 Å². The number of fused-ring (bicyclic) bond motifs is 1. The van der Waals surface area contributed by atoms with Crippen LogP contribution in [-0.2, 0) is 4.79 Å². The van der Waals surface area contributed by atoms with Crippen LogP contribution in [0.2, 0.25) is 5.02 Å². The molecule has 0 spiro atoms. The molecule has 5 nitrogen and oxygen atoms in total. The van der Waals surface area contributed by atoms with Gasteiger partial charge in [-0.3, -0.25) is 9.59 Å². The molecule has 3 aromatic rings. The fourth-order valence-electron chi connectivity index (χ4n) is 5.01. The molecule has 2 heterocycles. The number of nitrogens with zero attached hydrogens (tertiary/aromatic N) is 1. The van der Waals surface area contributed by atoms with Gasteiger partial charge in [-0.25, -0.2) is 4.39 Å². The van der Waals surface area contributed by atoms with Crippen molar-refractivity contribution in [2.45, 2.75) is 31.2 Å². The van der Waals surface area contributed by atoms with Crippen molar-refractivity contribution in [3.63, 3.8) is 0 Å². The lowest BCUT2D eigenvalue weighted by Gasteiger charge is -2.70. The summed E-state index contributed by atoms with van der Waals surface area (Å²) in [6.07, 6.45) is 6.57. The monoisotopic (exact) mass is 426 g/mol. The average Bonchev–Trinajstić information content (AvgIpc) is 3.10. The zero-order valence-corrected chi connectivity index (χ0v) is 16.9. The Bertz CT molecular complexity index is 1120. The fourth-order valence-corrected chi connectivity index (χ4v) is 5.13. The first-order valence-corrected chi connectivity index (χ1v) is 10.2. The molecule has 154 valence electrons. The van der Waals surface area contributed by atoms with E-state index >= 15 is 0 Å². The van der Waals surface area contributed by atoms with E-state index in [1.165, 1.54) is 18.2 Å². The Morgan fingerprint density at radius 2 is 1.97 bits per heavy atom. The van der Waals surface area contributed by atoms with Crippen molar-refractivity contribution in [2.75, 3.05) is 6.61 Å². The van der Waals surface area contributed by atoms with Gasteiger partial charge in [0.05, 0.1) is 10.6 Å². The zero-order valence-electron chi connectivity index (χ0n) is 16.2. The van der Waals surface area contributed by atoms with E-state index in [4.69, 9.17) is 16.3 Å². The second kappa shape index (κ2) is 6.84. The van der Waals surface area contributed by atoms with E-state index in [2.05, 4.69) is 5.32 Å². The standard InChI is InChI=1S/C23H20ClFN2O3/c24-19-5-4-18(8-20(19)25)30-11-17(28)9-22-12-23(13-22,14-22)26-21(29)15-7-16-3-1-2-6-27(16)10-15/h1-8,10H,9,11-14H2,(H,26,29). The number of carbonyl (C=O) groups excluding carboxylic acids is 2. The molecule has 3 fully saturated rings. The number of benzene rings is 1. The molecule has 3 saturated carbocycles. The number of rotatable bonds is 7. The minimum Gasteiger partial charge on any atom is -0.486 e. The number of pyridine rings is 1. The molecule has 0 atom stereocenters. The van der Waals surface area contributed by atoms with Crippen molar-refractivity contribution >= 4 is 28.8 Å². The van der Waals surface area contributed by atoms with Crippen LogP contribution in [-0.4, -0.2) is 28.2 Å². The first-order chi connectivity index (χ1) is 14.4. The van der Waals surface area contributed by atoms with Crippen molar-refractivity contribution in [1.82, 2.24) is 9.72 Å². The molecule has 1 N–H and O–H groups in total. The van der Waals surface area contributed by atoms with Gasteiger partial charge in [0.1, 0.15) is 18.2 Å². The van der Waals surface area contributed by atoms with Gasteiger partial charge in [0.2, 0.25) is 0 Å². The van der Waals surface area contributed by atoms with Gasteiger partial charge in [-0.2, -0.15) is 0 Å². The molecule has 0 saturated heterocycles. The third-order valence-electron chi connectivity index (χ3n) is 6.15. The van der Waals surface area contributed by atoms with Crippen LogP contribution in [0.5, 0.6) is 5.75 Å². The van der Waals surface area contributed by atoms with Crippen molar-refractivity contribution in [1.29, 1.82) is 0 Å². The minimum atomic E-state index is -0.574. The first kappa shape index (κ1) is 19.1. The lowest BCUT2D eigenvalue weighted by Crippen LogP contribution is -2.75. The van der Waals surface area contributed by atoms with Crippen LogP contribution >= 0.6 is 11.6 Å². The van der Waals surface area contributed by atoms with Crippen molar-refractivity contribution in [3.8, 4) is 5.75 Å². The Balaban J connectivity index is 1.12. The predicted molar refractivity (Wildman–Crippen MR) is 110 cm³/mol. The molecule has 7 heteroatoms. The lowest BCUT2D eigenvalue weighted by molar-refractivity contribution is -0.162. The molecule has 6 rings (SSSR count). The van der Waals surface area contributed by atoms with Crippen molar-refractivity contribution in [3.05, 3.63) is 71.3 Å². The third-order valence-corrected chi connectivity index (χ3v) is 6.46. The Morgan fingerprint density at radius 3 is 2.70 bits per heavy atom. The van der Waals surface area contributed by atoms with E-state index in [0.717, 1.165) is 24.8 Å². The van der Waals surface area contributed by atoms with Gasteiger partial charge in [-0.05, 0) is 55.0 Å². The maximum absolute atomic E-state index is 13.4. The number of carbonyl (C=O) groups is 2. The molecule has 1 amide bonds. The van der Waals surface area contributed by atoms with Gasteiger partial charge in [0, 0.05) is 35.9 Å². The predicted octanol–water partition coefficient (Wildman–Crippen LogP) is 4.42. The highest BCUT2D eigenvalue weighted by atomic mass is 35.5. The molecule has 0 unspecified atom stereocenters. The number of hydrogen-bond donors (Lipinski definition) is 1. The van der Waals surface area contributed by atoms with E-state index < -0.39 is 5.82 Å². The van der Waals surface area contributed by atoms with Gasteiger partial charge in [-0.1, -0.05) is 17.7 Å². The second-order valence-electron chi connectivity index (χ2n) is 8.61. The van der Waals surface area contributed by atoms with E-state index in [9.17, 15) is 14.0 Å². The van der Waals surface area contributed by atoms with E-state index in [1.54, 1.807) is 0 Å². The summed E-state index contributed by atoms with van der Waals surface area (Å²) < 4.78 is 20.8. The molecular weight excluding hydrogens is 407 g/mol. The SMILES string of the molecule is O=C(COc1ccc(Cl)c(F)c1)CC12CC(NC(=O)c3cc4ccccn4c3)(C1)C2. The second-order valence-corrected chi connectivity index (χ2v) is 9.01. The van der Waals surface area contributed by atoms with Gasteiger partial charge in [-0.15, -0.1) is 0 Å². The Labute approximate surface area is 177 Å². The Kier molecular flexibility index (Phi) is 4.36. The Hall–Kier alpha value is -2.86. The highest BCUT2D eigenvalue weighted by Gasteiger charge is 2.68. The molecule has 1 aromatic carbocycles. The van der Waals surface area contributed by atoms with Crippen molar-refractivity contribution < 1.29 is 18.7 Å². The molecule has 0 radical (unpaired) electrons. The zero-order chi connectivity index (χ0) is 20.9. The molecule has 2 bridgehead atoms. The number of halogens is 2. The highest BCUT2D eigenvalue weighted by Crippen LogP contribution is 2.69. The average molecular weight is 427 g/mol. The first-order valence-electron chi connectivity index (χ1n) is 9.84. The van der Waals surface area contributed by atoms with Gasteiger partial charge in [0.25, 0.3) is 5.91 Å². The summed E-state index contributed by atoms with van der Waals surface area (Å²) in [7, 11) is 0. The number of aromatic nitrogens is 1. The van der Waals surface area contributed by atoms with Crippen LogP contribution in [0.4, 0.5) is 4.39 Å². The smallest absolute Gasteiger partial charge is 0.253 e. The molecule has 30 heavy (non-hydrogen) atoms. The maximum Gasteiger partial charge on any atom is 0.253 e. The molecule has 2 aromatic heterocycles. The van der Waals surface area contributed by atoms with Crippen LogP contribution in [0.15, 0.2) is 54.9 Å². The van der Waals surface area contributed by atoms with Gasteiger partial charge < -0.3 is 14.5 Å².